The zero-order valence-corrected chi connectivity index (χ0v) is 12.4. The molecule has 0 aromatic carbocycles. The van der Waals surface area contributed by atoms with Gasteiger partial charge in [-0.15, -0.1) is 0 Å². The topological polar surface area (TPSA) is 88.2 Å². The maximum atomic E-state index is 12.6. The first kappa shape index (κ1) is 14.0. The van der Waals surface area contributed by atoms with Gasteiger partial charge in [0, 0.05) is 5.69 Å². The molecule has 112 valence electrons. The highest BCUT2D eigenvalue weighted by Gasteiger charge is 2.42. The zero-order chi connectivity index (χ0) is 15.2. The van der Waals surface area contributed by atoms with Crippen LogP contribution in [0.25, 0.3) is 11.1 Å². The van der Waals surface area contributed by atoms with Gasteiger partial charge >= 0.3 is 0 Å². The van der Waals surface area contributed by atoms with Crippen molar-refractivity contribution in [3.63, 3.8) is 0 Å². The highest BCUT2D eigenvalue weighted by atomic mass is 16.5. The van der Waals surface area contributed by atoms with E-state index in [-0.39, 0.29) is 12.5 Å². The summed E-state index contributed by atoms with van der Waals surface area (Å²) in [6, 6.07) is 1.73. The number of aliphatic hydroxyl groups is 1. The summed E-state index contributed by atoms with van der Waals surface area (Å²) in [7, 11) is 0. The van der Waals surface area contributed by atoms with Gasteiger partial charge in [-0.3, -0.25) is 4.79 Å². The van der Waals surface area contributed by atoms with Gasteiger partial charge in [-0.05, 0) is 45.6 Å². The molecule has 6 heteroatoms. The SMILES string of the molecule is Cc1cc(C(=O)NC(C)(CO)C2CC2)c2c(C)noc2n1. The average Bonchev–Trinajstić information content (AvgIpc) is 3.24. The maximum absolute atomic E-state index is 12.6. The number of aromatic nitrogens is 2. The van der Waals surface area contributed by atoms with Gasteiger partial charge in [0.1, 0.15) is 0 Å². The molecule has 1 atom stereocenters. The number of hydrogen-bond acceptors (Lipinski definition) is 5. The van der Waals surface area contributed by atoms with Gasteiger partial charge in [0.2, 0.25) is 0 Å². The van der Waals surface area contributed by atoms with Gasteiger partial charge < -0.3 is 14.9 Å². The zero-order valence-electron chi connectivity index (χ0n) is 12.4. The Morgan fingerprint density at radius 3 is 2.86 bits per heavy atom. The third kappa shape index (κ3) is 2.40. The monoisotopic (exact) mass is 289 g/mol. The lowest BCUT2D eigenvalue weighted by atomic mass is 9.96. The van der Waals surface area contributed by atoms with E-state index in [1.807, 2.05) is 6.92 Å². The van der Waals surface area contributed by atoms with Crippen molar-refractivity contribution in [3.05, 3.63) is 23.0 Å². The number of carbonyl (C=O) groups excluding carboxylic acids is 1. The second-order valence-electron chi connectivity index (χ2n) is 6.06. The van der Waals surface area contributed by atoms with Crippen LogP contribution in [0.3, 0.4) is 0 Å². The number of aryl methyl sites for hydroxylation is 2. The molecule has 0 spiro atoms. The molecule has 3 rings (SSSR count). The number of aliphatic hydroxyl groups excluding tert-OH is 1. The molecule has 2 aromatic heterocycles. The highest BCUT2D eigenvalue weighted by molar-refractivity contribution is 6.06. The lowest BCUT2D eigenvalue weighted by molar-refractivity contribution is 0.0826. The molecule has 2 N–H and O–H groups in total. The summed E-state index contributed by atoms with van der Waals surface area (Å²) >= 11 is 0. The number of hydrogen-bond donors (Lipinski definition) is 2. The predicted molar refractivity (Wildman–Crippen MR) is 77.0 cm³/mol. The number of nitrogens with zero attached hydrogens (tertiary/aromatic N) is 2. The molecule has 1 aliphatic carbocycles. The highest BCUT2D eigenvalue weighted by Crippen LogP contribution is 2.39. The minimum Gasteiger partial charge on any atom is -0.394 e. The third-order valence-corrected chi connectivity index (χ3v) is 4.20. The van der Waals surface area contributed by atoms with Crippen molar-refractivity contribution in [1.29, 1.82) is 0 Å². The van der Waals surface area contributed by atoms with Crippen LogP contribution in [0.15, 0.2) is 10.6 Å². The van der Waals surface area contributed by atoms with Gasteiger partial charge in [-0.25, -0.2) is 4.98 Å². The van der Waals surface area contributed by atoms with Crippen LogP contribution in [0.2, 0.25) is 0 Å². The normalized spacial score (nSPS) is 17.7. The lowest BCUT2D eigenvalue weighted by Gasteiger charge is -2.28. The molecule has 1 saturated carbocycles. The Morgan fingerprint density at radius 1 is 1.52 bits per heavy atom. The van der Waals surface area contributed by atoms with Crippen LogP contribution in [0.5, 0.6) is 0 Å². The van der Waals surface area contributed by atoms with Crippen LogP contribution >= 0.6 is 0 Å². The summed E-state index contributed by atoms with van der Waals surface area (Å²) in [6.07, 6.45) is 2.07. The quantitative estimate of drug-likeness (QED) is 0.895. The fourth-order valence-electron chi connectivity index (χ4n) is 2.71. The summed E-state index contributed by atoms with van der Waals surface area (Å²) in [5.41, 5.74) is 1.62. The number of rotatable bonds is 4. The van der Waals surface area contributed by atoms with E-state index in [4.69, 9.17) is 4.52 Å². The Kier molecular flexibility index (Phi) is 3.20. The number of fused-ring (bicyclic) bond motifs is 1. The van der Waals surface area contributed by atoms with Gasteiger partial charge in [0.15, 0.2) is 0 Å². The van der Waals surface area contributed by atoms with Crippen molar-refractivity contribution in [1.82, 2.24) is 15.5 Å². The molecule has 0 radical (unpaired) electrons. The minimum absolute atomic E-state index is 0.0702. The van der Waals surface area contributed by atoms with E-state index in [9.17, 15) is 9.90 Å². The van der Waals surface area contributed by atoms with Gasteiger partial charge in [0.05, 0.1) is 28.8 Å². The summed E-state index contributed by atoms with van der Waals surface area (Å²) in [6.45, 7) is 5.40. The number of nitrogens with one attached hydrogen (secondary N) is 1. The van der Waals surface area contributed by atoms with Crippen molar-refractivity contribution >= 4 is 17.0 Å². The minimum atomic E-state index is -0.578. The first-order valence-electron chi connectivity index (χ1n) is 7.11. The fraction of sp³-hybridized carbons (Fsp3) is 0.533. The number of carbonyl (C=O) groups is 1. The second kappa shape index (κ2) is 4.80. The Balaban J connectivity index is 1.99. The molecule has 1 fully saturated rings. The number of pyridine rings is 1. The lowest BCUT2D eigenvalue weighted by Crippen LogP contribution is -2.50. The van der Waals surface area contributed by atoms with Crippen LogP contribution in [0, 0.1) is 19.8 Å². The molecule has 1 unspecified atom stereocenters. The molecule has 0 bridgehead atoms. The molecule has 2 heterocycles. The maximum Gasteiger partial charge on any atom is 0.258 e. The largest absolute Gasteiger partial charge is 0.394 e. The van der Waals surface area contributed by atoms with Gasteiger partial charge in [-0.2, -0.15) is 0 Å². The summed E-state index contributed by atoms with van der Waals surface area (Å²) < 4.78 is 5.15. The second-order valence-corrected chi connectivity index (χ2v) is 6.06. The van der Waals surface area contributed by atoms with E-state index in [2.05, 4.69) is 15.5 Å². The predicted octanol–water partition coefficient (Wildman–Crippen LogP) is 1.73. The molecular weight excluding hydrogens is 270 g/mol. The van der Waals surface area contributed by atoms with Crippen LogP contribution in [0.1, 0.15) is 41.5 Å². The van der Waals surface area contributed by atoms with Crippen molar-refractivity contribution in [2.45, 2.75) is 39.2 Å². The Labute approximate surface area is 122 Å². The van der Waals surface area contributed by atoms with E-state index < -0.39 is 5.54 Å². The van der Waals surface area contributed by atoms with Gasteiger partial charge in [-0.1, -0.05) is 5.16 Å². The first-order chi connectivity index (χ1) is 9.94. The number of amides is 1. The van der Waals surface area contributed by atoms with Crippen LogP contribution in [-0.2, 0) is 0 Å². The fourth-order valence-corrected chi connectivity index (χ4v) is 2.71. The molecule has 2 aromatic rings. The van der Waals surface area contributed by atoms with E-state index in [1.165, 1.54) is 0 Å². The van der Waals surface area contributed by atoms with Crippen molar-refractivity contribution in [2.75, 3.05) is 6.61 Å². The molecule has 6 nitrogen and oxygen atoms in total. The van der Waals surface area contributed by atoms with Crippen LogP contribution in [0.4, 0.5) is 0 Å². The van der Waals surface area contributed by atoms with E-state index in [1.54, 1.807) is 19.9 Å². The van der Waals surface area contributed by atoms with E-state index in [0.29, 0.717) is 34.0 Å². The molecule has 1 aliphatic rings. The Bertz CT molecular complexity index is 705. The van der Waals surface area contributed by atoms with Gasteiger partial charge in [0.25, 0.3) is 11.6 Å². The standard InChI is InChI=1S/C15H19N3O3/c1-8-6-11(12-9(2)18-21-14(12)16-8)13(20)17-15(3,7-19)10-4-5-10/h6,10,19H,4-5,7H2,1-3H3,(H,17,20). The van der Waals surface area contributed by atoms with Crippen molar-refractivity contribution in [2.24, 2.45) is 5.92 Å². The molecular formula is C15H19N3O3. The molecule has 0 saturated heterocycles. The van der Waals surface area contributed by atoms with E-state index in [0.717, 1.165) is 12.8 Å². The van der Waals surface area contributed by atoms with Crippen LogP contribution < -0.4 is 5.32 Å². The Morgan fingerprint density at radius 2 is 2.24 bits per heavy atom. The molecule has 21 heavy (non-hydrogen) atoms. The summed E-state index contributed by atoms with van der Waals surface area (Å²) in [5.74, 6) is 0.119. The third-order valence-electron chi connectivity index (χ3n) is 4.20. The molecule has 0 aliphatic heterocycles. The summed E-state index contributed by atoms with van der Waals surface area (Å²) in [5, 5.41) is 17.1. The molecule has 1 amide bonds. The van der Waals surface area contributed by atoms with Crippen LogP contribution in [-0.4, -0.2) is 33.3 Å². The van der Waals surface area contributed by atoms with Crippen molar-refractivity contribution < 1.29 is 14.4 Å². The van der Waals surface area contributed by atoms with Crippen molar-refractivity contribution in [3.8, 4) is 0 Å². The first-order valence-corrected chi connectivity index (χ1v) is 7.11. The van der Waals surface area contributed by atoms with E-state index >= 15 is 0 Å². The Hall–Kier alpha value is -1.95. The summed E-state index contributed by atoms with van der Waals surface area (Å²) in [4.78, 5) is 16.9. The smallest absolute Gasteiger partial charge is 0.258 e. The average molecular weight is 289 g/mol.